The lowest BCUT2D eigenvalue weighted by Crippen LogP contribution is -2.48. The van der Waals surface area contributed by atoms with E-state index in [4.69, 9.17) is 9.57 Å². The molecule has 0 spiro atoms. The second-order valence-electron chi connectivity index (χ2n) is 9.77. The molecule has 0 saturated carbocycles. The zero-order valence-corrected chi connectivity index (χ0v) is 23.3. The minimum absolute atomic E-state index is 0.0182. The van der Waals surface area contributed by atoms with E-state index in [0.717, 1.165) is 11.8 Å². The van der Waals surface area contributed by atoms with E-state index in [-0.39, 0.29) is 11.8 Å². The van der Waals surface area contributed by atoms with Crippen molar-refractivity contribution in [2.45, 2.75) is 19.4 Å². The van der Waals surface area contributed by atoms with Gasteiger partial charge >= 0.3 is 0 Å². The Kier molecular flexibility index (Phi) is 8.48. The summed E-state index contributed by atoms with van der Waals surface area (Å²) in [6, 6.07) is 8.14. The fraction of sp³-hybridized carbons (Fsp3) is 0.310. The second kappa shape index (κ2) is 12.4. The van der Waals surface area contributed by atoms with Crippen LogP contribution in [0.2, 0.25) is 0 Å². The highest BCUT2D eigenvalue weighted by Gasteiger charge is 2.31. The topological polar surface area (TPSA) is 112 Å². The number of halogens is 2. The highest BCUT2D eigenvalue weighted by molar-refractivity contribution is 6.02. The Morgan fingerprint density at radius 2 is 1.88 bits per heavy atom. The van der Waals surface area contributed by atoms with Gasteiger partial charge in [-0.25, -0.2) is 23.8 Å². The van der Waals surface area contributed by atoms with Crippen LogP contribution in [0, 0.1) is 11.6 Å². The maximum atomic E-state index is 14.6. The summed E-state index contributed by atoms with van der Waals surface area (Å²) in [5.74, 6) is -0.441. The average Bonchev–Trinajstić information content (AvgIpc) is 3.47. The van der Waals surface area contributed by atoms with Crippen LogP contribution < -0.4 is 25.3 Å². The van der Waals surface area contributed by atoms with Crippen molar-refractivity contribution in [1.82, 2.24) is 14.9 Å². The molecule has 13 heteroatoms. The number of hydrogen-bond donors (Lipinski definition) is 2. The summed E-state index contributed by atoms with van der Waals surface area (Å²) in [5.41, 5.74) is 2.06. The van der Waals surface area contributed by atoms with Crippen LogP contribution in [0.5, 0.6) is 5.75 Å². The van der Waals surface area contributed by atoms with Crippen molar-refractivity contribution in [2.24, 2.45) is 0 Å². The quantitative estimate of drug-likeness (QED) is 0.380. The maximum absolute atomic E-state index is 14.6. The van der Waals surface area contributed by atoms with Gasteiger partial charge in [-0.3, -0.25) is 14.4 Å². The maximum Gasteiger partial charge on any atom is 0.247 e. The lowest BCUT2D eigenvalue weighted by Gasteiger charge is -2.36. The van der Waals surface area contributed by atoms with Crippen molar-refractivity contribution in [1.29, 1.82) is 0 Å². The van der Waals surface area contributed by atoms with Gasteiger partial charge < -0.3 is 25.2 Å². The number of aromatic nitrogens is 2. The number of nitrogens with zero attached hydrogens (tertiary/aromatic N) is 5. The molecule has 2 aliphatic heterocycles. The molecule has 220 valence electrons. The molecule has 2 fully saturated rings. The third kappa shape index (κ3) is 6.10. The lowest BCUT2D eigenvalue weighted by molar-refractivity contribution is -0.129. The summed E-state index contributed by atoms with van der Waals surface area (Å²) in [7, 11) is 1.53. The minimum atomic E-state index is -0.662. The van der Waals surface area contributed by atoms with Gasteiger partial charge in [0.2, 0.25) is 11.8 Å². The number of carbonyl (C=O) groups excluding carboxylic acids is 2. The summed E-state index contributed by atoms with van der Waals surface area (Å²) >= 11 is 0. The Morgan fingerprint density at radius 3 is 2.57 bits per heavy atom. The van der Waals surface area contributed by atoms with Crippen molar-refractivity contribution >= 4 is 40.5 Å². The zero-order valence-electron chi connectivity index (χ0n) is 23.3. The van der Waals surface area contributed by atoms with Crippen molar-refractivity contribution in [3.05, 3.63) is 72.6 Å². The van der Waals surface area contributed by atoms with Crippen molar-refractivity contribution in [2.75, 3.05) is 60.5 Å². The van der Waals surface area contributed by atoms with E-state index in [1.807, 2.05) is 6.07 Å². The third-order valence-electron chi connectivity index (χ3n) is 7.19. The zero-order chi connectivity index (χ0) is 29.8. The van der Waals surface area contributed by atoms with Gasteiger partial charge in [0.1, 0.15) is 29.5 Å². The number of hydrogen-bond acceptors (Lipinski definition) is 9. The summed E-state index contributed by atoms with van der Waals surface area (Å²) in [6.07, 6.45) is 3.01. The Hall–Kier alpha value is -4.78. The Bertz CT molecular complexity index is 1500. The van der Waals surface area contributed by atoms with Crippen molar-refractivity contribution in [3.63, 3.8) is 0 Å². The van der Waals surface area contributed by atoms with Gasteiger partial charge in [-0.05, 0) is 18.2 Å². The number of piperazine rings is 1. The molecule has 3 aromatic rings. The van der Waals surface area contributed by atoms with Gasteiger partial charge in [-0.1, -0.05) is 12.6 Å². The van der Waals surface area contributed by atoms with E-state index in [9.17, 15) is 18.4 Å². The molecule has 0 bridgehead atoms. The molecule has 1 aromatic heterocycles. The first kappa shape index (κ1) is 28.7. The second-order valence-corrected chi connectivity index (χ2v) is 9.77. The van der Waals surface area contributed by atoms with Gasteiger partial charge in [0.15, 0.2) is 5.82 Å². The Morgan fingerprint density at radius 1 is 1.10 bits per heavy atom. The molecule has 42 heavy (non-hydrogen) atoms. The largest absolute Gasteiger partial charge is 0.494 e. The third-order valence-corrected chi connectivity index (χ3v) is 7.19. The van der Waals surface area contributed by atoms with Crippen LogP contribution in [0.15, 0.2) is 55.4 Å². The molecule has 2 saturated heterocycles. The molecular weight excluding hydrogens is 548 g/mol. The molecule has 1 unspecified atom stereocenters. The molecule has 11 nitrogen and oxygen atoms in total. The number of hydroxylamine groups is 1. The average molecular weight is 580 g/mol. The summed E-state index contributed by atoms with van der Waals surface area (Å²) in [4.78, 5) is 42.4. The van der Waals surface area contributed by atoms with Crippen molar-refractivity contribution in [3.8, 4) is 5.75 Å². The molecule has 3 heterocycles. The minimum Gasteiger partial charge on any atom is -0.494 e. The summed E-state index contributed by atoms with van der Waals surface area (Å²) in [5, 5.41) is 7.56. The van der Waals surface area contributed by atoms with E-state index in [1.54, 1.807) is 24.0 Å². The Balaban J connectivity index is 1.43. The molecule has 0 aliphatic carbocycles. The molecule has 2 amide bonds. The predicted octanol–water partition coefficient (Wildman–Crippen LogP) is 4.18. The molecule has 2 N–H and O–H groups in total. The number of carbonyl (C=O) groups is 2. The molecule has 0 radical (unpaired) electrons. The number of methoxy groups -OCH3 is 1. The van der Waals surface area contributed by atoms with Crippen molar-refractivity contribution < 1.29 is 27.9 Å². The van der Waals surface area contributed by atoms with Gasteiger partial charge in [0.25, 0.3) is 0 Å². The predicted molar refractivity (Wildman–Crippen MR) is 154 cm³/mol. The number of benzene rings is 2. The van der Waals surface area contributed by atoms with Crippen LogP contribution in [0.25, 0.3) is 0 Å². The van der Waals surface area contributed by atoms with Crippen LogP contribution in [-0.2, 0) is 14.4 Å². The first-order valence-corrected chi connectivity index (χ1v) is 13.4. The normalized spacial score (nSPS) is 16.8. The van der Waals surface area contributed by atoms with E-state index < -0.39 is 17.7 Å². The molecular formula is C29H31F2N7O4. The number of rotatable bonds is 8. The summed E-state index contributed by atoms with van der Waals surface area (Å²) in [6.45, 7) is 7.69. The van der Waals surface area contributed by atoms with Gasteiger partial charge in [-0.15, -0.1) is 0 Å². The van der Waals surface area contributed by atoms with E-state index in [0.29, 0.717) is 73.5 Å². The fourth-order valence-electron chi connectivity index (χ4n) is 5.07. The van der Waals surface area contributed by atoms with Gasteiger partial charge in [0, 0.05) is 63.3 Å². The monoisotopic (exact) mass is 579 g/mol. The number of anilines is 5. The van der Waals surface area contributed by atoms with E-state index >= 15 is 0 Å². The summed E-state index contributed by atoms with van der Waals surface area (Å²) < 4.78 is 33.8. The lowest BCUT2D eigenvalue weighted by atomic mass is 10.0. The molecule has 5 rings (SSSR count). The highest BCUT2D eigenvalue weighted by atomic mass is 19.1. The van der Waals surface area contributed by atoms with Crippen LogP contribution in [-0.4, -0.2) is 66.6 Å². The molecule has 2 aromatic carbocycles. The van der Waals surface area contributed by atoms with Crippen LogP contribution >= 0.6 is 0 Å². The van der Waals surface area contributed by atoms with E-state index in [1.165, 1.54) is 36.7 Å². The standard InChI is InChI=1S/C29H31F2N7O4/c1-4-29(40)35-22-14-23(26(41-3)15-25(22)37-10-8-36(9-11-37)18(2)39)34-27-16-28(33-17-32-27)38-24(7-12-42-38)20-6-5-19(30)13-21(20)31/h4-6,13-17,24H,1,7-12H2,2-3H3,(H,35,40)(H,32,33,34). The molecule has 2 aliphatic rings. The Labute approximate surface area is 241 Å². The van der Waals surface area contributed by atoms with Crippen LogP contribution in [0.4, 0.5) is 37.5 Å². The fourth-order valence-corrected chi connectivity index (χ4v) is 5.07. The number of nitrogens with one attached hydrogen (secondary N) is 2. The first-order chi connectivity index (χ1) is 20.3. The first-order valence-electron chi connectivity index (χ1n) is 13.4. The number of amides is 2. The van der Waals surface area contributed by atoms with Crippen LogP contribution in [0.3, 0.4) is 0 Å². The van der Waals surface area contributed by atoms with Gasteiger partial charge in [-0.2, -0.15) is 0 Å². The van der Waals surface area contributed by atoms with Gasteiger partial charge in [0.05, 0.1) is 36.8 Å². The van der Waals surface area contributed by atoms with E-state index in [2.05, 4.69) is 32.1 Å². The highest BCUT2D eigenvalue weighted by Crippen LogP contribution is 2.40. The smallest absolute Gasteiger partial charge is 0.247 e. The SMILES string of the molecule is C=CC(=O)Nc1cc(Nc2cc(N3OCCC3c3ccc(F)cc3F)ncn2)c(OC)cc1N1CCN(C(C)=O)CC1. The number of ether oxygens (including phenoxy) is 1. The molecule has 1 atom stereocenters. The van der Waals surface area contributed by atoms with Crippen LogP contribution in [0.1, 0.15) is 24.9 Å².